The van der Waals surface area contributed by atoms with Crippen molar-refractivity contribution in [1.29, 1.82) is 0 Å². The van der Waals surface area contributed by atoms with E-state index in [0.717, 1.165) is 37.1 Å². The van der Waals surface area contributed by atoms with Crippen molar-refractivity contribution in [3.63, 3.8) is 0 Å². The summed E-state index contributed by atoms with van der Waals surface area (Å²) in [7, 11) is 0. The fourth-order valence-corrected chi connectivity index (χ4v) is 3.41. The molecule has 2 unspecified atom stereocenters. The van der Waals surface area contributed by atoms with E-state index in [0.29, 0.717) is 11.6 Å². The summed E-state index contributed by atoms with van der Waals surface area (Å²) in [4.78, 5) is 27.4. The first-order valence-corrected chi connectivity index (χ1v) is 9.14. The minimum atomic E-state index is -1.09. The van der Waals surface area contributed by atoms with Gasteiger partial charge in [0.05, 0.1) is 5.01 Å². The van der Waals surface area contributed by atoms with Gasteiger partial charge in [-0.25, -0.2) is 9.78 Å². The van der Waals surface area contributed by atoms with Gasteiger partial charge in [-0.15, -0.1) is 11.3 Å². The third kappa shape index (κ3) is 5.61. The molecule has 1 amide bonds. The van der Waals surface area contributed by atoms with Gasteiger partial charge >= 0.3 is 5.97 Å². The zero-order valence-electron chi connectivity index (χ0n) is 13.0. The van der Waals surface area contributed by atoms with Crippen molar-refractivity contribution in [3.8, 4) is 0 Å². The number of nitrogens with one attached hydrogen (secondary N) is 1. The standard InChI is InChI=1S/C15H24N2O3S2/c1-3-5-7-10(6-4-2)14-17-12(9-22-14)13(18)16-11(8-21)15(19)20/h9-11,21H,3-8H2,1-2H3,(H,16,18)(H,19,20). The van der Waals surface area contributed by atoms with E-state index in [2.05, 4.69) is 36.8 Å². The van der Waals surface area contributed by atoms with Crippen LogP contribution >= 0.6 is 24.0 Å². The molecule has 2 N–H and O–H groups in total. The average Bonchev–Trinajstić information content (AvgIpc) is 2.98. The van der Waals surface area contributed by atoms with Crippen molar-refractivity contribution < 1.29 is 14.7 Å². The molecule has 0 radical (unpaired) electrons. The molecule has 124 valence electrons. The monoisotopic (exact) mass is 344 g/mol. The predicted molar refractivity (Wildman–Crippen MR) is 92.0 cm³/mol. The number of unbranched alkanes of at least 4 members (excludes halogenated alkanes) is 1. The maximum Gasteiger partial charge on any atom is 0.327 e. The van der Waals surface area contributed by atoms with Crippen molar-refractivity contribution in [2.24, 2.45) is 0 Å². The summed E-state index contributed by atoms with van der Waals surface area (Å²) in [5.74, 6) is -1.11. The summed E-state index contributed by atoms with van der Waals surface area (Å²) in [6.45, 7) is 4.30. The molecule has 0 aliphatic heterocycles. The smallest absolute Gasteiger partial charge is 0.327 e. The summed E-state index contributed by atoms with van der Waals surface area (Å²) in [5.41, 5.74) is 0.297. The second-order valence-corrected chi connectivity index (χ2v) is 6.50. The Kier molecular flexibility index (Phi) is 8.48. The van der Waals surface area contributed by atoms with Crippen LogP contribution in [0.15, 0.2) is 5.38 Å². The number of rotatable bonds is 10. The molecule has 1 aromatic rings. The van der Waals surface area contributed by atoms with Gasteiger partial charge in [0.25, 0.3) is 5.91 Å². The van der Waals surface area contributed by atoms with Crippen LogP contribution in [-0.4, -0.2) is 33.8 Å². The van der Waals surface area contributed by atoms with Crippen LogP contribution in [-0.2, 0) is 4.79 Å². The van der Waals surface area contributed by atoms with Crippen LogP contribution in [0.3, 0.4) is 0 Å². The van der Waals surface area contributed by atoms with Gasteiger partial charge in [-0.05, 0) is 12.8 Å². The van der Waals surface area contributed by atoms with Crippen molar-refractivity contribution in [2.45, 2.75) is 57.9 Å². The fourth-order valence-electron chi connectivity index (χ4n) is 2.19. The Morgan fingerprint density at radius 1 is 1.36 bits per heavy atom. The number of aliphatic carboxylic acids is 1. The number of thiol groups is 1. The minimum Gasteiger partial charge on any atom is -0.480 e. The van der Waals surface area contributed by atoms with E-state index in [1.807, 2.05) is 0 Å². The van der Waals surface area contributed by atoms with E-state index in [-0.39, 0.29) is 5.75 Å². The second kappa shape index (κ2) is 9.84. The molecule has 0 spiro atoms. The summed E-state index contributed by atoms with van der Waals surface area (Å²) in [6, 6.07) is -0.993. The van der Waals surface area contributed by atoms with Crippen molar-refractivity contribution in [1.82, 2.24) is 10.3 Å². The molecule has 7 heteroatoms. The molecule has 0 fully saturated rings. The van der Waals surface area contributed by atoms with Crippen LogP contribution in [0.25, 0.3) is 0 Å². The third-order valence-corrected chi connectivity index (χ3v) is 4.81. The zero-order chi connectivity index (χ0) is 16.5. The van der Waals surface area contributed by atoms with Crippen LogP contribution in [0.2, 0.25) is 0 Å². The fraction of sp³-hybridized carbons (Fsp3) is 0.667. The second-order valence-electron chi connectivity index (χ2n) is 5.25. The highest BCUT2D eigenvalue weighted by molar-refractivity contribution is 7.80. The predicted octanol–water partition coefficient (Wildman–Crippen LogP) is 3.33. The van der Waals surface area contributed by atoms with Gasteiger partial charge in [0.2, 0.25) is 0 Å². The van der Waals surface area contributed by atoms with E-state index < -0.39 is 17.9 Å². The number of carbonyl (C=O) groups is 2. The van der Waals surface area contributed by atoms with Crippen molar-refractivity contribution >= 4 is 35.8 Å². The Bertz CT molecular complexity index is 491. The quantitative estimate of drug-likeness (QED) is 0.569. The molecular weight excluding hydrogens is 320 g/mol. The highest BCUT2D eigenvalue weighted by atomic mass is 32.1. The van der Waals surface area contributed by atoms with Crippen molar-refractivity contribution in [3.05, 3.63) is 16.1 Å². The Hall–Kier alpha value is -1.08. The maximum atomic E-state index is 12.1. The molecule has 0 saturated carbocycles. The molecule has 22 heavy (non-hydrogen) atoms. The first-order valence-electron chi connectivity index (χ1n) is 7.63. The molecule has 5 nitrogen and oxygen atoms in total. The first kappa shape index (κ1) is 19.0. The van der Waals surface area contributed by atoms with Crippen LogP contribution in [0.1, 0.15) is 67.4 Å². The van der Waals surface area contributed by atoms with Gasteiger partial charge in [0.1, 0.15) is 11.7 Å². The lowest BCUT2D eigenvalue weighted by atomic mass is 9.98. The van der Waals surface area contributed by atoms with Gasteiger partial charge < -0.3 is 10.4 Å². The lowest BCUT2D eigenvalue weighted by Crippen LogP contribution is -2.42. The van der Waals surface area contributed by atoms with E-state index in [1.54, 1.807) is 5.38 Å². The van der Waals surface area contributed by atoms with Crippen molar-refractivity contribution in [2.75, 3.05) is 5.75 Å². The van der Waals surface area contributed by atoms with Gasteiger partial charge in [-0.2, -0.15) is 12.6 Å². The molecule has 1 heterocycles. The van der Waals surface area contributed by atoms with Gasteiger partial charge in [0, 0.05) is 17.1 Å². The number of nitrogens with zero attached hydrogens (tertiary/aromatic N) is 1. The minimum absolute atomic E-state index is 0.0486. The maximum absolute atomic E-state index is 12.1. The average molecular weight is 345 g/mol. The molecule has 0 bridgehead atoms. The topological polar surface area (TPSA) is 79.3 Å². The summed E-state index contributed by atoms with van der Waals surface area (Å²) < 4.78 is 0. The molecule has 0 aliphatic carbocycles. The normalized spacial score (nSPS) is 13.6. The zero-order valence-corrected chi connectivity index (χ0v) is 14.8. The van der Waals surface area contributed by atoms with Crippen LogP contribution in [0, 0.1) is 0 Å². The third-order valence-electron chi connectivity index (χ3n) is 3.43. The molecule has 1 aromatic heterocycles. The van der Waals surface area contributed by atoms with E-state index in [9.17, 15) is 9.59 Å². The molecular formula is C15H24N2O3S2. The van der Waals surface area contributed by atoms with Crippen LogP contribution < -0.4 is 5.32 Å². The summed E-state index contributed by atoms with van der Waals surface area (Å²) in [6.07, 6.45) is 5.50. The lowest BCUT2D eigenvalue weighted by molar-refractivity contribution is -0.138. The summed E-state index contributed by atoms with van der Waals surface area (Å²) >= 11 is 5.41. The molecule has 1 rings (SSSR count). The number of amides is 1. The number of hydrogen-bond acceptors (Lipinski definition) is 5. The lowest BCUT2D eigenvalue weighted by Gasteiger charge is -2.12. The van der Waals surface area contributed by atoms with Crippen LogP contribution in [0.4, 0.5) is 0 Å². The Balaban J connectivity index is 2.76. The summed E-state index contributed by atoms with van der Waals surface area (Å²) in [5, 5.41) is 14.1. The molecule has 0 saturated heterocycles. The number of hydrogen-bond donors (Lipinski definition) is 3. The SMILES string of the molecule is CCCCC(CCC)c1nc(C(=O)NC(CS)C(=O)O)cs1. The van der Waals surface area contributed by atoms with Crippen LogP contribution in [0.5, 0.6) is 0 Å². The highest BCUT2D eigenvalue weighted by Crippen LogP contribution is 2.29. The first-order chi connectivity index (χ1) is 10.5. The van der Waals surface area contributed by atoms with E-state index >= 15 is 0 Å². The number of carboxylic acid groups (broad SMARTS) is 1. The Morgan fingerprint density at radius 3 is 2.64 bits per heavy atom. The molecule has 2 atom stereocenters. The number of carbonyl (C=O) groups excluding carboxylic acids is 1. The van der Waals surface area contributed by atoms with E-state index in [1.165, 1.54) is 11.3 Å². The van der Waals surface area contributed by atoms with Gasteiger partial charge in [-0.1, -0.05) is 33.1 Å². The number of thiazole rings is 1. The number of aromatic nitrogens is 1. The molecule has 0 aliphatic rings. The largest absolute Gasteiger partial charge is 0.480 e. The van der Waals surface area contributed by atoms with Gasteiger partial charge in [-0.3, -0.25) is 4.79 Å². The highest BCUT2D eigenvalue weighted by Gasteiger charge is 2.22. The number of carboxylic acids is 1. The molecule has 0 aromatic carbocycles. The van der Waals surface area contributed by atoms with Gasteiger partial charge in [0.15, 0.2) is 0 Å². The Labute approximate surface area is 140 Å². The Morgan fingerprint density at radius 2 is 2.09 bits per heavy atom. The van der Waals surface area contributed by atoms with E-state index in [4.69, 9.17) is 5.11 Å².